The first-order valence-corrected chi connectivity index (χ1v) is 5.18. The van der Waals surface area contributed by atoms with Gasteiger partial charge in [-0.1, -0.05) is 30.3 Å². The van der Waals surface area contributed by atoms with E-state index < -0.39 is 17.9 Å². The van der Waals surface area contributed by atoms with Gasteiger partial charge >= 0.3 is 5.97 Å². The van der Waals surface area contributed by atoms with Gasteiger partial charge < -0.3 is 10.0 Å². The molecule has 1 aliphatic heterocycles. The van der Waals surface area contributed by atoms with Crippen molar-refractivity contribution in [3.63, 3.8) is 0 Å². The molecule has 1 aliphatic rings. The zero-order chi connectivity index (χ0) is 12.4. The van der Waals surface area contributed by atoms with Gasteiger partial charge in [0, 0.05) is 0 Å². The molecule has 0 bridgehead atoms. The van der Waals surface area contributed by atoms with Crippen molar-refractivity contribution in [2.45, 2.75) is 12.5 Å². The number of Topliss-reactive ketones (excluding diaryl/α,β-unsaturated/α-hetero) is 1. The minimum absolute atomic E-state index is 0.120. The van der Waals surface area contributed by atoms with E-state index in [4.69, 9.17) is 0 Å². The van der Waals surface area contributed by atoms with Crippen molar-refractivity contribution in [2.24, 2.45) is 0 Å². The summed E-state index contributed by atoms with van der Waals surface area (Å²) in [6, 6.07) is 7.36. The van der Waals surface area contributed by atoms with Crippen LogP contribution in [-0.2, 0) is 14.4 Å². The average molecular weight is 233 g/mol. The van der Waals surface area contributed by atoms with E-state index in [1.54, 1.807) is 30.3 Å². The average Bonchev–Trinajstić information content (AvgIpc) is 2.59. The SMILES string of the molecule is O=C1CC(=O)N([C@@H](C(=O)O)c2ccccc2)C1. The van der Waals surface area contributed by atoms with Gasteiger partial charge in [-0.15, -0.1) is 0 Å². The van der Waals surface area contributed by atoms with Gasteiger partial charge in [0.1, 0.15) is 0 Å². The van der Waals surface area contributed by atoms with Crippen LogP contribution >= 0.6 is 0 Å². The first kappa shape index (κ1) is 11.3. The molecule has 0 aromatic heterocycles. The summed E-state index contributed by atoms with van der Waals surface area (Å²) in [4.78, 5) is 35.1. The van der Waals surface area contributed by atoms with Crippen LogP contribution in [0.25, 0.3) is 0 Å². The monoisotopic (exact) mass is 233 g/mol. The van der Waals surface area contributed by atoms with E-state index >= 15 is 0 Å². The molecule has 1 aromatic carbocycles. The van der Waals surface area contributed by atoms with Crippen molar-refractivity contribution in [3.05, 3.63) is 35.9 Å². The largest absolute Gasteiger partial charge is 0.479 e. The van der Waals surface area contributed by atoms with Crippen LogP contribution in [0, 0.1) is 0 Å². The van der Waals surface area contributed by atoms with Crippen LogP contribution in [0.1, 0.15) is 18.0 Å². The number of nitrogens with zero attached hydrogens (tertiary/aromatic N) is 1. The molecule has 1 aromatic rings. The number of likely N-dealkylation sites (tertiary alicyclic amines) is 1. The van der Waals surface area contributed by atoms with Gasteiger partial charge in [0.05, 0.1) is 13.0 Å². The molecule has 88 valence electrons. The number of carbonyl (C=O) groups is 3. The van der Waals surface area contributed by atoms with Gasteiger partial charge in [-0.25, -0.2) is 4.79 Å². The Morgan fingerprint density at radius 2 is 1.88 bits per heavy atom. The summed E-state index contributed by atoms with van der Waals surface area (Å²) in [6.07, 6.45) is -0.198. The minimum Gasteiger partial charge on any atom is -0.479 e. The maximum atomic E-state index is 11.5. The second-order valence-corrected chi connectivity index (χ2v) is 3.89. The number of ketones is 1. The molecule has 0 radical (unpaired) electrons. The van der Waals surface area contributed by atoms with Crippen molar-refractivity contribution in [2.75, 3.05) is 6.54 Å². The van der Waals surface area contributed by atoms with Crippen LogP contribution in [0.5, 0.6) is 0 Å². The Kier molecular flexibility index (Phi) is 2.91. The number of carboxylic acid groups (broad SMARTS) is 1. The Bertz CT molecular complexity index is 469. The van der Waals surface area contributed by atoms with E-state index in [9.17, 15) is 19.5 Å². The molecule has 1 atom stereocenters. The number of amides is 1. The topological polar surface area (TPSA) is 74.7 Å². The van der Waals surface area contributed by atoms with Crippen LogP contribution in [0.4, 0.5) is 0 Å². The molecule has 17 heavy (non-hydrogen) atoms. The van der Waals surface area contributed by atoms with Gasteiger partial charge in [-0.3, -0.25) is 9.59 Å². The maximum absolute atomic E-state index is 11.5. The van der Waals surface area contributed by atoms with Crippen LogP contribution in [0.15, 0.2) is 30.3 Å². The van der Waals surface area contributed by atoms with Crippen molar-refractivity contribution in [1.82, 2.24) is 4.90 Å². The van der Waals surface area contributed by atoms with E-state index in [-0.39, 0.29) is 18.7 Å². The Morgan fingerprint density at radius 3 is 2.35 bits per heavy atom. The highest BCUT2D eigenvalue weighted by molar-refractivity contribution is 6.06. The lowest BCUT2D eigenvalue weighted by atomic mass is 10.1. The van der Waals surface area contributed by atoms with Gasteiger partial charge in [-0.05, 0) is 5.56 Å². The van der Waals surface area contributed by atoms with Gasteiger partial charge in [0.25, 0.3) is 0 Å². The van der Waals surface area contributed by atoms with E-state index in [2.05, 4.69) is 0 Å². The maximum Gasteiger partial charge on any atom is 0.331 e. The molecule has 1 N–H and O–H groups in total. The van der Waals surface area contributed by atoms with E-state index in [0.717, 1.165) is 4.90 Å². The van der Waals surface area contributed by atoms with Crippen LogP contribution in [0.3, 0.4) is 0 Å². The van der Waals surface area contributed by atoms with Crippen LogP contribution in [0.2, 0.25) is 0 Å². The fourth-order valence-electron chi connectivity index (χ4n) is 1.93. The third kappa shape index (κ3) is 2.18. The first-order chi connectivity index (χ1) is 8.09. The number of carbonyl (C=O) groups excluding carboxylic acids is 2. The highest BCUT2D eigenvalue weighted by Crippen LogP contribution is 2.24. The zero-order valence-corrected chi connectivity index (χ0v) is 9.00. The van der Waals surface area contributed by atoms with Gasteiger partial charge in [0.2, 0.25) is 5.91 Å². The van der Waals surface area contributed by atoms with Crippen molar-refractivity contribution in [3.8, 4) is 0 Å². The van der Waals surface area contributed by atoms with E-state index in [0.29, 0.717) is 5.56 Å². The fourth-order valence-corrected chi connectivity index (χ4v) is 1.93. The Labute approximate surface area is 97.7 Å². The molecule has 1 saturated heterocycles. The molecule has 0 saturated carbocycles. The number of carboxylic acids is 1. The fraction of sp³-hybridized carbons (Fsp3) is 0.250. The molecule has 5 heteroatoms. The number of rotatable bonds is 3. The molecule has 0 unspecified atom stereocenters. The quantitative estimate of drug-likeness (QED) is 0.776. The Morgan fingerprint density at radius 1 is 1.24 bits per heavy atom. The predicted molar refractivity (Wildman–Crippen MR) is 58.2 cm³/mol. The number of aliphatic carboxylic acids is 1. The zero-order valence-electron chi connectivity index (χ0n) is 9.00. The lowest BCUT2D eigenvalue weighted by Gasteiger charge is -2.23. The summed E-state index contributed by atoms with van der Waals surface area (Å²) >= 11 is 0. The van der Waals surface area contributed by atoms with E-state index in [1.807, 2.05) is 0 Å². The summed E-state index contributed by atoms with van der Waals surface area (Å²) in [5, 5.41) is 9.19. The highest BCUT2D eigenvalue weighted by atomic mass is 16.4. The lowest BCUT2D eigenvalue weighted by Crippen LogP contribution is -2.35. The standard InChI is InChI=1S/C12H11NO4/c14-9-6-10(15)13(7-9)11(12(16)17)8-4-2-1-3-5-8/h1-5,11H,6-7H2,(H,16,17)/t11-/m1/s1. The van der Waals surface area contributed by atoms with Gasteiger partial charge in [-0.2, -0.15) is 0 Å². The molecule has 1 fully saturated rings. The molecule has 1 amide bonds. The van der Waals surface area contributed by atoms with Crippen molar-refractivity contribution < 1.29 is 19.5 Å². The van der Waals surface area contributed by atoms with Crippen molar-refractivity contribution >= 4 is 17.7 Å². The van der Waals surface area contributed by atoms with E-state index in [1.165, 1.54) is 0 Å². The third-order valence-corrected chi connectivity index (χ3v) is 2.68. The Balaban J connectivity index is 2.34. The summed E-state index contributed by atoms with van der Waals surface area (Å²) in [5.74, 6) is -1.79. The summed E-state index contributed by atoms with van der Waals surface area (Å²) in [5.41, 5.74) is 0.503. The summed E-state index contributed by atoms with van der Waals surface area (Å²) in [6.45, 7) is -0.120. The second kappa shape index (κ2) is 4.37. The summed E-state index contributed by atoms with van der Waals surface area (Å²) in [7, 11) is 0. The number of hydrogen-bond donors (Lipinski definition) is 1. The number of hydrogen-bond acceptors (Lipinski definition) is 3. The molecule has 1 heterocycles. The molecule has 0 spiro atoms. The van der Waals surface area contributed by atoms with Crippen molar-refractivity contribution in [1.29, 1.82) is 0 Å². The number of benzene rings is 1. The predicted octanol–water partition coefficient (Wildman–Crippen LogP) is 0.614. The smallest absolute Gasteiger partial charge is 0.331 e. The van der Waals surface area contributed by atoms with Gasteiger partial charge in [0.15, 0.2) is 11.8 Å². The van der Waals surface area contributed by atoms with Crippen LogP contribution in [-0.4, -0.2) is 34.2 Å². The molecule has 2 rings (SSSR count). The highest BCUT2D eigenvalue weighted by Gasteiger charge is 2.37. The lowest BCUT2D eigenvalue weighted by molar-refractivity contribution is -0.148. The Hall–Kier alpha value is -2.17. The second-order valence-electron chi connectivity index (χ2n) is 3.89. The normalized spacial score (nSPS) is 17.3. The molecule has 0 aliphatic carbocycles. The molecule has 5 nitrogen and oxygen atoms in total. The van der Waals surface area contributed by atoms with Crippen LogP contribution < -0.4 is 0 Å². The third-order valence-electron chi connectivity index (χ3n) is 2.68. The molecular formula is C12H11NO4. The molecular weight excluding hydrogens is 222 g/mol. The summed E-state index contributed by atoms with van der Waals surface area (Å²) < 4.78 is 0. The minimum atomic E-state index is -1.13. The first-order valence-electron chi connectivity index (χ1n) is 5.18.